The second kappa shape index (κ2) is 5.98. The van der Waals surface area contributed by atoms with Gasteiger partial charge in [-0.05, 0) is 29.0 Å². The minimum atomic E-state index is -0.0712. The van der Waals surface area contributed by atoms with E-state index in [1.165, 1.54) is 11.5 Å². The number of amides is 1. The molecular formula is C15H12N2OS2. The zero-order valence-corrected chi connectivity index (χ0v) is 12.2. The summed E-state index contributed by atoms with van der Waals surface area (Å²) in [5.41, 5.74) is 1.87. The van der Waals surface area contributed by atoms with E-state index in [4.69, 9.17) is 0 Å². The van der Waals surface area contributed by atoms with E-state index in [-0.39, 0.29) is 5.91 Å². The highest BCUT2D eigenvalue weighted by Crippen LogP contribution is 2.21. The van der Waals surface area contributed by atoms with Crippen molar-refractivity contribution in [3.05, 3.63) is 63.7 Å². The fourth-order valence-electron chi connectivity index (χ4n) is 1.79. The molecule has 0 aliphatic rings. The van der Waals surface area contributed by atoms with E-state index in [2.05, 4.69) is 9.69 Å². The molecule has 0 fully saturated rings. The molecule has 0 aliphatic heterocycles. The molecule has 1 aromatic carbocycles. The fourth-order valence-corrected chi connectivity index (χ4v) is 3.11. The van der Waals surface area contributed by atoms with Crippen LogP contribution in [0.2, 0.25) is 0 Å². The Labute approximate surface area is 125 Å². The molecule has 0 radical (unpaired) electrons. The highest BCUT2D eigenvalue weighted by Gasteiger charge is 2.11. The predicted octanol–water partition coefficient (Wildman–Crippen LogP) is 3.80. The Bertz CT molecular complexity index is 690. The summed E-state index contributed by atoms with van der Waals surface area (Å²) in [6.45, 7) is 0.565. The third kappa shape index (κ3) is 2.95. The van der Waals surface area contributed by atoms with Gasteiger partial charge in [-0.15, -0.1) is 11.3 Å². The molecule has 1 N–H and O–H groups in total. The van der Waals surface area contributed by atoms with Crippen LogP contribution in [0.25, 0.3) is 11.3 Å². The van der Waals surface area contributed by atoms with Gasteiger partial charge in [0.1, 0.15) is 4.88 Å². The van der Waals surface area contributed by atoms with Gasteiger partial charge in [-0.1, -0.05) is 36.4 Å². The SMILES string of the molecule is O=C(NCc1cccs1)c1cc(-c2ccccc2)ns1. The molecule has 0 bridgehead atoms. The van der Waals surface area contributed by atoms with Gasteiger partial charge in [-0.25, -0.2) is 0 Å². The standard InChI is InChI=1S/C15H12N2OS2/c18-15(16-10-12-7-4-8-19-12)14-9-13(17-20-14)11-5-2-1-3-6-11/h1-9H,10H2,(H,16,18). The molecule has 1 amide bonds. The third-order valence-corrected chi connectivity index (χ3v) is 4.47. The topological polar surface area (TPSA) is 42.0 Å². The maximum absolute atomic E-state index is 12.0. The van der Waals surface area contributed by atoms with Gasteiger partial charge >= 0.3 is 0 Å². The second-order valence-electron chi connectivity index (χ2n) is 4.20. The number of benzene rings is 1. The van der Waals surface area contributed by atoms with Crippen LogP contribution in [0.5, 0.6) is 0 Å². The van der Waals surface area contributed by atoms with Gasteiger partial charge in [-0.3, -0.25) is 4.79 Å². The normalized spacial score (nSPS) is 10.4. The molecule has 2 heterocycles. The van der Waals surface area contributed by atoms with E-state index in [1.54, 1.807) is 11.3 Å². The number of nitrogens with zero attached hydrogens (tertiary/aromatic N) is 1. The summed E-state index contributed by atoms with van der Waals surface area (Å²) in [6, 6.07) is 15.7. The summed E-state index contributed by atoms with van der Waals surface area (Å²) in [6.07, 6.45) is 0. The summed E-state index contributed by atoms with van der Waals surface area (Å²) >= 11 is 2.87. The third-order valence-electron chi connectivity index (χ3n) is 2.81. The summed E-state index contributed by atoms with van der Waals surface area (Å²) in [5, 5.41) is 4.91. The first-order valence-electron chi connectivity index (χ1n) is 6.15. The summed E-state index contributed by atoms with van der Waals surface area (Å²) in [4.78, 5) is 13.8. The van der Waals surface area contributed by atoms with Gasteiger partial charge in [0, 0.05) is 10.4 Å². The van der Waals surface area contributed by atoms with E-state index in [0.717, 1.165) is 16.1 Å². The van der Waals surface area contributed by atoms with Crippen LogP contribution in [0.1, 0.15) is 14.5 Å². The van der Waals surface area contributed by atoms with Crippen LogP contribution < -0.4 is 5.32 Å². The highest BCUT2D eigenvalue weighted by molar-refractivity contribution is 7.10. The quantitative estimate of drug-likeness (QED) is 0.796. The van der Waals surface area contributed by atoms with E-state index in [9.17, 15) is 4.79 Å². The number of hydrogen-bond donors (Lipinski definition) is 1. The van der Waals surface area contributed by atoms with Crippen molar-refractivity contribution in [1.82, 2.24) is 9.69 Å². The van der Waals surface area contributed by atoms with Crippen molar-refractivity contribution in [3.8, 4) is 11.3 Å². The Morgan fingerprint density at radius 1 is 1.15 bits per heavy atom. The van der Waals surface area contributed by atoms with Gasteiger partial charge in [0.15, 0.2) is 0 Å². The van der Waals surface area contributed by atoms with Crippen LogP contribution >= 0.6 is 22.9 Å². The lowest BCUT2D eigenvalue weighted by atomic mass is 10.1. The number of carbonyl (C=O) groups is 1. The number of hydrogen-bond acceptors (Lipinski definition) is 4. The van der Waals surface area contributed by atoms with Gasteiger partial charge in [0.25, 0.3) is 5.91 Å². The average molecular weight is 300 g/mol. The number of carbonyl (C=O) groups excluding carboxylic acids is 1. The molecule has 3 nitrogen and oxygen atoms in total. The average Bonchev–Trinajstić information content (AvgIpc) is 3.17. The highest BCUT2D eigenvalue weighted by atomic mass is 32.1. The van der Waals surface area contributed by atoms with Crippen molar-refractivity contribution < 1.29 is 4.79 Å². The van der Waals surface area contributed by atoms with Gasteiger partial charge < -0.3 is 5.32 Å². The van der Waals surface area contributed by atoms with Crippen molar-refractivity contribution in [2.75, 3.05) is 0 Å². The van der Waals surface area contributed by atoms with Gasteiger partial charge in [0.2, 0.25) is 0 Å². The second-order valence-corrected chi connectivity index (χ2v) is 6.04. The minimum Gasteiger partial charge on any atom is -0.346 e. The Kier molecular flexibility index (Phi) is 3.90. The molecular weight excluding hydrogens is 288 g/mol. The van der Waals surface area contributed by atoms with Crippen molar-refractivity contribution in [2.24, 2.45) is 0 Å². The number of rotatable bonds is 4. The Morgan fingerprint density at radius 3 is 2.75 bits per heavy atom. The smallest absolute Gasteiger partial charge is 0.263 e. The molecule has 0 saturated carbocycles. The molecule has 5 heteroatoms. The number of nitrogens with one attached hydrogen (secondary N) is 1. The van der Waals surface area contributed by atoms with Crippen LogP contribution in [0.15, 0.2) is 53.9 Å². The molecule has 0 unspecified atom stereocenters. The van der Waals surface area contributed by atoms with Gasteiger partial charge in [-0.2, -0.15) is 4.37 Å². The number of aromatic nitrogens is 1. The van der Waals surface area contributed by atoms with Crippen molar-refractivity contribution in [1.29, 1.82) is 0 Å². The molecule has 100 valence electrons. The molecule has 0 atom stereocenters. The van der Waals surface area contributed by atoms with Crippen LogP contribution in [0.3, 0.4) is 0 Å². The zero-order chi connectivity index (χ0) is 13.8. The molecule has 2 aromatic heterocycles. The van der Waals surface area contributed by atoms with Crippen LogP contribution in [-0.4, -0.2) is 10.3 Å². The van der Waals surface area contributed by atoms with Crippen molar-refractivity contribution >= 4 is 28.8 Å². The first-order chi connectivity index (χ1) is 9.83. The molecule has 0 aliphatic carbocycles. The van der Waals surface area contributed by atoms with Crippen LogP contribution in [0, 0.1) is 0 Å². The van der Waals surface area contributed by atoms with E-state index < -0.39 is 0 Å². The van der Waals surface area contributed by atoms with Crippen LogP contribution in [-0.2, 0) is 6.54 Å². The zero-order valence-electron chi connectivity index (χ0n) is 10.6. The molecule has 0 saturated heterocycles. The molecule has 3 aromatic rings. The molecule has 3 rings (SSSR count). The Hall–Kier alpha value is -1.98. The van der Waals surface area contributed by atoms with E-state index in [0.29, 0.717) is 11.4 Å². The maximum atomic E-state index is 12.0. The van der Waals surface area contributed by atoms with Crippen LogP contribution in [0.4, 0.5) is 0 Å². The van der Waals surface area contributed by atoms with Gasteiger partial charge in [0.05, 0.1) is 12.2 Å². The van der Waals surface area contributed by atoms with E-state index in [1.807, 2.05) is 53.9 Å². The van der Waals surface area contributed by atoms with Crippen molar-refractivity contribution in [2.45, 2.75) is 6.54 Å². The Balaban J connectivity index is 1.69. The first-order valence-corrected chi connectivity index (χ1v) is 7.81. The number of thiophene rings is 1. The largest absolute Gasteiger partial charge is 0.346 e. The first kappa shape index (κ1) is 13.0. The summed E-state index contributed by atoms with van der Waals surface area (Å²) < 4.78 is 4.34. The lowest BCUT2D eigenvalue weighted by molar-refractivity contribution is 0.0955. The monoisotopic (exact) mass is 300 g/mol. The van der Waals surface area contributed by atoms with E-state index >= 15 is 0 Å². The molecule has 20 heavy (non-hydrogen) atoms. The Morgan fingerprint density at radius 2 is 2.00 bits per heavy atom. The molecule has 0 spiro atoms. The summed E-state index contributed by atoms with van der Waals surface area (Å²) in [5.74, 6) is -0.0712. The summed E-state index contributed by atoms with van der Waals surface area (Å²) in [7, 11) is 0. The van der Waals surface area contributed by atoms with Crippen molar-refractivity contribution in [3.63, 3.8) is 0 Å². The lowest BCUT2D eigenvalue weighted by Gasteiger charge is -2.00. The maximum Gasteiger partial charge on any atom is 0.263 e. The predicted molar refractivity (Wildman–Crippen MR) is 83.0 cm³/mol. The lowest BCUT2D eigenvalue weighted by Crippen LogP contribution is -2.21. The fraction of sp³-hybridized carbons (Fsp3) is 0.0667. The minimum absolute atomic E-state index is 0.0712.